The Balaban J connectivity index is 2.67. The summed E-state index contributed by atoms with van der Waals surface area (Å²) in [6.45, 7) is 3.53. The molecule has 5 heteroatoms. The highest BCUT2D eigenvalue weighted by atomic mass is 32.2. The summed E-state index contributed by atoms with van der Waals surface area (Å²) in [7, 11) is -0.602. The fourth-order valence-electron chi connectivity index (χ4n) is 2.11. The van der Waals surface area contributed by atoms with Gasteiger partial charge in [0, 0.05) is 0 Å². The lowest BCUT2D eigenvalue weighted by molar-refractivity contribution is 0.412. The fraction of sp³-hybridized carbons (Fsp3) is 0.250. The van der Waals surface area contributed by atoms with E-state index in [1.807, 2.05) is 0 Å². The maximum atomic E-state index is 12.9. The van der Waals surface area contributed by atoms with Crippen molar-refractivity contribution in [2.45, 2.75) is 23.6 Å². The minimum atomic E-state index is -3.63. The van der Waals surface area contributed by atoms with Crippen molar-refractivity contribution in [3.05, 3.63) is 47.5 Å². The predicted molar refractivity (Wildman–Crippen MR) is 80.9 cm³/mol. The van der Waals surface area contributed by atoms with E-state index in [0.29, 0.717) is 22.6 Å². The molecule has 2 aromatic rings. The van der Waals surface area contributed by atoms with E-state index in [4.69, 9.17) is 9.47 Å². The topological polar surface area (TPSA) is 52.6 Å². The molecule has 2 aromatic carbocycles. The molecule has 21 heavy (non-hydrogen) atoms. The van der Waals surface area contributed by atoms with Gasteiger partial charge in [-0.3, -0.25) is 0 Å². The van der Waals surface area contributed by atoms with Gasteiger partial charge in [-0.1, -0.05) is 12.1 Å². The normalized spacial score (nSPS) is 11.2. The third kappa shape index (κ3) is 2.88. The Labute approximate surface area is 125 Å². The highest BCUT2D eigenvalue weighted by molar-refractivity contribution is 7.91. The molecule has 0 spiro atoms. The first-order valence-electron chi connectivity index (χ1n) is 6.44. The number of sulfone groups is 1. The summed E-state index contributed by atoms with van der Waals surface area (Å²) in [5.74, 6) is 1.03. The first-order chi connectivity index (χ1) is 9.90. The van der Waals surface area contributed by atoms with E-state index in [1.54, 1.807) is 50.2 Å². The summed E-state index contributed by atoms with van der Waals surface area (Å²) in [6.07, 6.45) is 0. The summed E-state index contributed by atoms with van der Waals surface area (Å²) in [6, 6.07) is 10.1. The molecule has 0 amide bonds. The van der Waals surface area contributed by atoms with Gasteiger partial charge in [0.2, 0.25) is 9.84 Å². The first-order valence-corrected chi connectivity index (χ1v) is 7.93. The zero-order valence-corrected chi connectivity index (χ0v) is 13.3. The molecule has 0 aromatic heterocycles. The predicted octanol–water partition coefficient (Wildman–Crippen LogP) is 3.15. The van der Waals surface area contributed by atoms with E-state index in [-0.39, 0.29) is 9.79 Å². The minimum Gasteiger partial charge on any atom is -0.497 e. The van der Waals surface area contributed by atoms with E-state index < -0.39 is 9.84 Å². The van der Waals surface area contributed by atoms with Crippen molar-refractivity contribution < 1.29 is 17.9 Å². The van der Waals surface area contributed by atoms with Crippen molar-refractivity contribution in [3.8, 4) is 11.5 Å². The van der Waals surface area contributed by atoms with Crippen molar-refractivity contribution in [2.24, 2.45) is 0 Å². The maximum Gasteiger partial charge on any atom is 0.207 e. The van der Waals surface area contributed by atoms with Gasteiger partial charge in [-0.2, -0.15) is 0 Å². The van der Waals surface area contributed by atoms with Gasteiger partial charge in [-0.25, -0.2) is 8.42 Å². The first kappa shape index (κ1) is 15.4. The molecule has 0 aliphatic carbocycles. The van der Waals surface area contributed by atoms with Crippen LogP contribution in [0.15, 0.2) is 46.2 Å². The van der Waals surface area contributed by atoms with Gasteiger partial charge < -0.3 is 9.47 Å². The van der Waals surface area contributed by atoms with Gasteiger partial charge in [0.15, 0.2) is 0 Å². The monoisotopic (exact) mass is 306 g/mol. The zero-order chi connectivity index (χ0) is 15.6. The maximum absolute atomic E-state index is 12.9. The van der Waals surface area contributed by atoms with Gasteiger partial charge in [0.05, 0.1) is 24.0 Å². The second kappa shape index (κ2) is 5.77. The van der Waals surface area contributed by atoms with Crippen LogP contribution in [0.1, 0.15) is 11.1 Å². The quantitative estimate of drug-likeness (QED) is 0.870. The van der Waals surface area contributed by atoms with Crippen molar-refractivity contribution >= 4 is 9.84 Å². The number of methoxy groups -OCH3 is 2. The zero-order valence-electron chi connectivity index (χ0n) is 12.5. The molecule has 4 nitrogen and oxygen atoms in total. The molecule has 0 aliphatic rings. The number of rotatable bonds is 4. The lowest BCUT2D eigenvalue weighted by Crippen LogP contribution is -2.07. The SMILES string of the molecule is COc1ccc(C)c(S(=O)(=O)c2cc(OC)ccc2C)c1. The van der Waals surface area contributed by atoms with Crippen LogP contribution in [0.5, 0.6) is 11.5 Å². The van der Waals surface area contributed by atoms with Crippen LogP contribution in [0.2, 0.25) is 0 Å². The molecular weight excluding hydrogens is 288 g/mol. The highest BCUT2D eigenvalue weighted by Gasteiger charge is 2.23. The molecule has 0 saturated heterocycles. The second-order valence-corrected chi connectivity index (χ2v) is 6.65. The third-order valence-electron chi connectivity index (χ3n) is 3.37. The fourth-order valence-corrected chi connectivity index (χ4v) is 3.88. The molecule has 0 aliphatic heterocycles. The van der Waals surface area contributed by atoms with Crippen molar-refractivity contribution in [1.82, 2.24) is 0 Å². The molecule has 0 N–H and O–H groups in total. The summed E-state index contributed by atoms with van der Waals surface area (Å²) < 4.78 is 36.1. The van der Waals surface area contributed by atoms with Crippen LogP contribution in [0.4, 0.5) is 0 Å². The third-order valence-corrected chi connectivity index (χ3v) is 5.41. The van der Waals surface area contributed by atoms with Crippen LogP contribution in [0.3, 0.4) is 0 Å². The molecule has 0 bridgehead atoms. The molecule has 0 heterocycles. The van der Waals surface area contributed by atoms with Crippen molar-refractivity contribution in [3.63, 3.8) is 0 Å². The number of hydrogen-bond acceptors (Lipinski definition) is 4. The van der Waals surface area contributed by atoms with E-state index in [0.717, 1.165) is 0 Å². The number of hydrogen-bond donors (Lipinski definition) is 0. The van der Waals surface area contributed by atoms with E-state index in [9.17, 15) is 8.42 Å². The van der Waals surface area contributed by atoms with Crippen molar-refractivity contribution in [2.75, 3.05) is 14.2 Å². The number of benzene rings is 2. The Hall–Kier alpha value is -2.01. The molecule has 0 unspecified atom stereocenters. The van der Waals surface area contributed by atoms with E-state index in [2.05, 4.69) is 0 Å². The largest absolute Gasteiger partial charge is 0.497 e. The van der Waals surface area contributed by atoms with Crippen LogP contribution in [0.25, 0.3) is 0 Å². The van der Waals surface area contributed by atoms with Gasteiger partial charge >= 0.3 is 0 Å². The number of ether oxygens (including phenoxy) is 2. The Morgan fingerprint density at radius 2 is 1.14 bits per heavy atom. The lowest BCUT2D eigenvalue weighted by atomic mass is 10.2. The molecule has 0 fully saturated rings. The molecular formula is C16H18O4S. The van der Waals surface area contributed by atoms with E-state index >= 15 is 0 Å². The molecule has 112 valence electrons. The van der Waals surface area contributed by atoms with Crippen LogP contribution in [0, 0.1) is 13.8 Å². The second-order valence-electron chi connectivity index (χ2n) is 4.77. The molecule has 0 saturated carbocycles. The highest BCUT2D eigenvalue weighted by Crippen LogP contribution is 2.31. The lowest BCUT2D eigenvalue weighted by Gasteiger charge is -2.12. The standard InChI is InChI=1S/C16H18O4S/c1-11-5-7-13(19-3)9-15(11)21(17,18)16-10-14(20-4)8-6-12(16)2/h5-10H,1-4H3. The van der Waals surface area contributed by atoms with Crippen molar-refractivity contribution in [1.29, 1.82) is 0 Å². The molecule has 2 rings (SSSR count). The van der Waals surface area contributed by atoms with Gasteiger partial charge in [-0.15, -0.1) is 0 Å². The van der Waals surface area contributed by atoms with Gasteiger partial charge in [-0.05, 0) is 49.2 Å². The number of aryl methyl sites for hydroxylation is 2. The summed E-state index contributed by atoms with van der Waals surface area (Å²) in [4.78, 5) is 0.497. The van der Waals surface area contributed by atoms with Crippen LogP contribution in [-0.2, 0) is 9.84 Å². The average Bonchev–Trinajstić information content (AvgIpc) is 2.48. The summed E-state index contributed by atoms with van der Waals surface area (Å²) >= 11 is 0. The Kier molecular flexibility index (Phi) is 4.23. The smallest absolute Gasteiger partial charge is 0.207 e. The average molecular weight is 306 g/mol. The van der Waals surface area contributed by atoms with Gasteiger partial charge in [0.1, 0.15) is 11.5 Å². The molecule has 0 radical (unpaired) electrons. The van der Waals surface area contributed by atoms with Crippen LogP contribution >= 0.6 is 0 Å². The summed E-state index contributed by atoms with van der Waals surface area (Å²) in [5, 5.41) is 0. The van der Waals surface area contributed by atoms with Gasteiger partial charge in [0.25, 0.3) is 0 Å². The Morgan fingerprint density at radius 3 is 1.48 bits per heavy atom. The van der Waals surface area contributed by atoms with Crippen LogP contribution in [-0.4, -0.2) is 22.6 Å². The van der Waals surface area contributed by atoms with Crippen LogP contribution < -0.4 is 9.47 Å². The Bertz CT molecular complexity index is 704. The molecule has 0 atom stereocenters. The Morgan fingerprint density at radius 1 is 0.762 bits per heavy atom. The summed E-state index contributed by atoms with van der Waals surface area (Å²) in [5.41, 5.74) is 1.36. The minimum absolute atomic E-state index is 0.248. The van der Waals surface area contributed by atoms with E-state index in [1.165, 1.54) is 14.2 Å².